The number of halogens is 1. The van der Waals surface area contributed by atoms with E-state index < -0.39 is 0 Å². The van der Waals surface area contributed by atoms with Crippen molar-refractivity contribution in [1.82, 2.24) is 30.0 Å². The van der Waals surface area contributed by atoms with Crippen LogP contribution in [0.2, 0.25) is 5.02 Å². The van der Waals surface area contributed by atoms with Gasteiger partial charge in [-0.2, -0.15) is 5.10 Å². The van der Waals surface area contributed by atoms with Crippen LogP contribution in [0.25, 0.3) is 22.3 Å². The van der Waals surface area contributed by atoms with Gasteiger partial charge in [0.05, 0.1) is 10.7 Å². The number of carbonyl (C=O) groups is 1. The highest BCUT2D eigenvalue weighted by atomic mass is 35.5. The second-order valence-electron chi connectivity index (χ2n) is 8.96. The van der Waals surface area contributed by atoms with E-state index in [1.165, 1.54) is 5.69 Å². The number of fused-ring (bicyclic) bond motifs is 3. The Hall–Kier alpha value is -2.54. The highest BCUT2D eigenvalue weighted by Crippen LogP contribution is 2.44. The summed E-state index contributed by atoms with van der Waals surface area (Å²) in [6.45, 7) is 8.35. The molecule has 7 nitrogen and oxygen atoms in total. The second kappa shape index (κ2) is 5.73. The van der Waals surface area contributed by atoms with Crippen LogP contribution in [0, 0.1) is 0 Å². The van der Waals surface area contributed by atoms with Crippen molar-refractivity contribution in [3.8, 4) is 11.3 Å². The summed E-state index contributed by atoms with van der Waals surface area (Å²) in [6.07, 6.45) is 4.59. The number of aromatic amines is 1. The fraction of sp³-hybridized carbons (Fsp3) is 0.450. The zero-order valence-electron chi connectivity index (χ0n) is 16.2. The lowest BCUT2D eigenvalue weighted by Gasteiger charge is -2.48. The Kier molecular flexibility index (Phi) is 3.59. The first-order valence-electron chi connectivity index (χ1n) is 9.53. The Balaban J connectivity index is 1.39. The number of hydrogen-bond acceptors (Lipinski definition) is 3. The summed E-state index contributed by atoms with van der Waals surface area (Å²) in [7, 11) is 0. The average molecular weight is 399 g/mol. The van der Waals surface area contributed by atoms with E-state index >= 15 is 0 Å². The normalized spacial score (nSPS) is 17.8. The number of hydrogen-bond donors (Lipinski definition) is 2. The van der Waals surface area contributed by atoms with Gasteiger partial charge in [0.2, 0.25) is 0 Å². The minimum atomic E-state index is -0.227. The van der Waals surface area contributed by atoms with Gasteiger partial charge in [0.15, 0.2) is 0 Å². The maximum Gasteiger partial charge on any atom is 0.317 e. The zero-order chi connectivity index (χ0) is 19.7. The van der Waals surface area contributed by atoms with Gasteiger partial charge in [-0.1, -0.05) is 11.6 Å². The van der Waals surface area contributed by atoms with Crippen LogP contribution in [0.4, 0.5) is 4.79 Å². The van der Waals surface area contributed by atoms with Crippen LogP contribution in [-0.2, 0) is 12.0 Å². The monoisotopic (exact) mass is 398 g/mol. The Bertz CT molecular complexity index is 1090. The fourth-order valence-electron chi connectivity index (χ4n) is 4.26. The zero-order valence-corrected chi connectivity index (χ0v) is 17.0. The average Bonchev–Trinajstić information content (AvgIpc) is 3.25. The third-order valence-electron chi connectivity index (χ3n) is 5.66. The van der Waals surface area contributed by atoms with Crippen LogP contribution in [0.1, 0.15) is 32.9 Å². The van der Waals surface area contributed by atoms with E-state index in [0.717, 1.165) is 48.3 Å². The molecule has 5 heterocycles. The van der Waals surface area contributed by atoms with Crippen LogP contribution in [0.5, 0.6) is 0 Å². The first-order chi connectivity index (χ1) is 13.2. The third-order valence-corrected chi connectivity index (χ3v) is 5.97. The fourth-order valence-corrected chi connectivity index (χ4v) is 4.46. The number of rotatable bonds is 1. The molecule has 0 unspecified atom stereocenters. The van der Waals surface area contributed by atoms with Crippen molar-refractivity contribution in [1.29, 1.82) is 0 Å². The summed E-state index contributed by atoms with van der Waals surface area (Å²) in [5.41, 5.74) is 3.63. The van der Waals surface area contributed by atoms with Gasteiger partial charge < -0.3 is 15.2 Å². The molecule has 2 aliphatic heterocycles. The van der Waals surface area contributed by atoms with Crippen molar-refractivity contribution in [3.05, 3.63) is 35.2 Å². The molecule has 5 rings (SSSR count). The van der Waals surface area contributed by atoms with Crippen molar-refractivity contribution in [3.63, 3.8) is 0 Å². The molecule has 0 atom stereocenters. The summed E-state index contributed by atoms with van der Waals surface area (Å²) < 4.78 is 2.08. The van der Waals surface area contributed by atoms with Crippen molar-refractivity contribution < 1.29 is 4.79 Å². The molecule has 0 aromatic carbocycles. The largest absolute Gasteiger partial charge is 0.345 e. The molecular formula is C20H23ClN6O. The lowest BCUT2D eigenvalue weighted by atomic mass is 9.76. The molecule has 3 aromatic heterocycles. The summed E-state index contributed by atoms with van der Waals surface area (Å²) in [6, 6.07) is 4.18. The lowest BCUT2D eigenvalue weighted by molar-refractivity contribution is 0.0880. The Morgan fingerprint density at radius 2 is 2.11 bits per heavy atom. The van der Waals surface area contributed by atoms with E-state index in [9.17, 15) is 4.79 Å². The van der Waals surface area contributed by atoms with Gasteiger partial charge in [-0.25, -0.2) is 9.78 Å². The van der Waals surface area contributed by atoms with Gasteiger partial charge in [0, 0.05) is 59.6 Å². The van der Waals surface area contributed by atoms with Crippen molar-refractivity contribution in [2.45, 2.75) is 44.7 Å². The molecule has 28 heavy (non-hydrogen) atoms. The smallest absolute Gasteiger partial charge is 0.317 e. The number of aromatic nitrogens is 4. The molecular weight excluding hydrogens is 376 g/mol. The molecule has 8 heteroatoms. The number of aryl methyl sites for hydroxylation is 1. The summed E-state index contributed by atoms with van der Waals surface area (Å²) in [4.78, 5) is 21.8. The maximum atomic E-state index is 12.4. The molecule has 2 amide bonds. The first kappa shape index (κ1) is 17.6. The van der Waals surface area contributed by atoms with E-state index in [1.54, 1.807) is 6.20 Å². The molecule has 2 aliphatic rings. The van der Waals surface area contributed by atoms with Gasteiger partial charge in [0.1, 0.15) is 5.65 Å². The highest BCUT2D eigenvalue weighted by Gasteiger charge is 2.51. The Morgan fingerprint density at radius 1 is 1.32 bits per heavy atom. The maximum absolute atomic E-state index is 12.4. The van der Waals surface area contributed by atoms with Crippen LogP contribution in [0.15, 0.2) is 24.5 Å². The summed E-state index contributed by atoms with van der Waals surface area (Å²) in [5.74, 6) is 0. The molecule has 0 radical (unpaired) electrons. The van der Waals surface area contributed by atoms with Gasteiger partial charge in [-0.15, -0.1) is 0 Å². The van der Waals surface area contributed by atoms with E-state index in [1.807, 2.05) is 37.9 Å². The first-order valence-corrected chi connectivity index (χ1v) is 9.90. The SMILES string of the molecule is CC(C)(C)NC(=O)N1CC2(CCn3nc(-c4cnc5[nH]cc(Cl)c5c4)cc32)C1. The number of carbonyl (C=O) groups excluding carboxylic acids is 1. The minimum Gasteiger partial charge on any atom is -0.345 e. The van der Waals surface area contributed by atoms with Crippen molar-refractivity contribution in [2.24, 2.45) is 0 Å². The number of nitrogens with zero attached hydrogens (tertiary/aromatic N) is 4. The van der Waals surface area contributed by atoms with E-state index in [-0.39, 0.29) is 17.0 Å². The molecule has 0 aliphatic carbocycles. The topological polar surface area (TPSA) is 78.8 Å². The molecule has 3 aromatic rings. The molecule has 1 fully saturated rings. The quantitative estimate of drug-likeness (QED) is 0.658. The number of likely N-dealkylation sites (tertiary alicyclic amines) is 1. The molecule has 146 valence electrons. The highest BCUT2D eigenvalue weighted by molar-refractivity contribution is 6.35. The molecule has 1 saturated heterocycles. The predicted molar refractivity (Wildman–Crippen MR) is 108 cm³/mol. The van der Waals surface area contributed by atoms with Crippen LogP contribution in [-0.4, -0.2) is 49.3 Å². The van der Waals surface area contributed by atoms with Gasteiger partial charge >= 0.3 is 6.03 Å². The Labute approximate surface area is 168 Å². The minimum absolute atomic E-state index is 0.00747. The second-order valence-corrected chi connectivity index (χ2v) is 9.37. The van der Waals surface area contributed by atoms with Crippen molar-refractivity contribution >= 4 is 28.7 Å². The van der Waals surface area contributed by atoms with Crippen molar-refractivity contribution in [2.75, 3.05) is 13.1 Å². The van der Waals surface area contributed by atoms with Crippen LogP contribution < -0.4 is 5.32 Å². The van der Waals surface area contributed by atoms with Crippen LogP contribution >= 0.6 is 11.6 Å². The molecule has 0 bridgehead atoms. The molecule has 2 N–H and O–H groups in total. The van der Waals surface area contributed by atoms with Gasteiger partial charge in [-0.05, 0) is 39.3 Å². The predicted octanol–water partition coefficient (Wildman–Crippen LogP) is 3.55. The number of urea groups is 1. The van der Waals surface area contributed by atoms with E-state index in [2.05, 4.69) is 26.0 Å². The number of amides is 2. The van der Waals surface area contributed by atoms with E-state index in [4.69, 9.17) is 16.7 Å². The standard InChI is InChI=1S/C20H23ClN6O/c1-19(2,3)24-18(28)26-10-20(11-26)4-5-27-16(20)7-15(25-27)12-6-13-14(21)9-23-17(13)22-8-12/h6-9H,4-5,10-11H2,1-3H3,(H,22,23)(H,24,28). The van der Waals surface area contributed by atoms with Gasteiger partial charge in [-0.3, -0.25) is 4.68 Å². The third kappa shape index (κ3) is 2.68. The van der Waals surface area contributed by atoms with E-state index in [0.29, 0.717) is 5.02 Å². The Morgan fingerprint density at radius 3 is 2.86 bits per heavy atom. The van der Waals surface area contributed by atoms with Crippen LogP contribution in [0.3, 0.4) is 0 Å². The van der Waals surface area contributed by atoms with Gasteiger partial charge in [0.25, 0.3) is 0 Å². The summed E-state index contributed by atoms with van der Waals surface area (Å²) in [5, 5.41) is 9.39. The lowest BCUT2D eigenvalue weighted by Crippen LogP contribution is -2.64. The molecule has 0 saturated carbocycles. The molecule has 1 spiro atoms. The number of nitrogens with one attached hydrogen (secondary N) is 2. The number of H-pyrrole nitrogens is 1. The summed E-state index contributed by atoms with van der Waals surface area (Å²) >= 11 is 6.24. The number of pyridine rings is 1.